The maximum absolute atomic E-state index is 12.5. The summed E-state index contributed by atoms with van der Waals surface area (Å²) in [5.74, 6) is 0.899. The number of fused-ring (bicyclic) bond motifs is 1. The van der Waals surface area contributed by atoms with Gasteiger partial charge < -0.3 is 10.1 Å². The molecule has 1 heterocycles. The zero-order valence-electron chi connectivity index (χ0n) is 14.3. The van der Waals surface area contributed by atoms with Crippen molar-refractivity contribution >= 4 is 5.91 Å². The van der Waals surface area contributed by atoms with Crippen molar-refractivity contribution in [3.8, 4) is 5.75 Å². The van der Waals surface area contributed by atoms with Gasteiger partial charge in [-0.1, -0.05) is 36.4 Å². The topological polar surface area (TPSA) is 41.6 Å². The summed E-state index contributed by atoms with van der Waals surface area (Å²) in [7, 11) is 1.65. The molecule has 1 N–H and O–H groups in total. The van der Waals surface area contributed by atoms with Crippen molar-refractivity contribution in [2.75, 3.05) is 13.7 Å². The van der Waals surface area contributed by atoms with Crippen LogP contribution in [0.2, 0.25) is 0 Å². The molecule has 1 atom stereocenters. The number of methoxy groups -OCH3 is 1. The summed E-state index contributed by atoms with van der Waals surface area (Å²) in [6.07, 6.45) is 1.01. The summed E-state index contributed by atoms with van der Waals surface area (Å²) in [6.45, 7) is 4.29. The molecular formula is C20H24N2O2. The number of nitrogens with one attached hydrogen (secondary N) is 1. The van der Waals surface area contributed by atoms with E-state index in [1.165, 1.54) is 11.1 Å². The molecule has 3 rings (SSSR count). The first-order valence-corrected chi connectivity index (χ1v) is 8.39. The third-order valence-corrected chi connectivity index (χ3v) is 4.71. The summed E-state index contributed by atoms with van der Waals surface area (Å²) < 4.78 is 5.15. The zero-order valence-corrected chi connectivity index (χ0v) is 14.3. The minimum Gasteiger partial charge on any atom is -0.497 e. The molecule has 0 saturated heterocycles. The van der Waals surface area contributed by atoms with Gasteiger partial charge >= 0.3 is 0 Å². The first kappa shape index (κ1) is 16.5. The van der Waals surface area contributed by atoms with Crippen molar-refractivity contribution in [3.05, 3.63) is 65.2 Å². The number of ether oxygens (including phenoxy) is 1. The van der Waals surface area contributed by atoms with E-state index < -0.39 is 0 Å². The molecule has 4 heteroatoms. The van der Waals surface area contributed by atoms with Crippen LogP contribution in [0.1, 0.15) is 23.6 Å². The van der Waals surface area contributed by atoms with Crippen LogP contribution in [0.25, 0.3) is 0 Å². The predicted molar refractivity (Wildman–Crippen MR) is 94.9 cm³/mol. The number of amides is 1. The minimum atomic E-state index is -0.128. The summed E-state index contributed by atoms with van der Waals surface area (Å²) in [5, 5.41) is 3.04. The van der Waals surface area contributed by atoms with Gasteiger partial charge in [-0.3, -0.25) is 9.69 Å². The van der Waals surface area contributed by atoms with Crippen molar-refractivity contribution in [1.82, 2.24) is 10.2 Å². The molecule has 0 aliphatic carbocycles. The van der Waals surface area contributed by atoms with Gasteiger partial charge in [-0.05, 0) is 42.2 Å². The molecule has 126 valence electrons. The van der Waals surface area contributed by atoms with Gasteiger partial charge in [0.1, 0.15) is 5.75 Å². The fourth-order valence-electron chi connectivity index (χ4n) is 3.09. The molecular weight excluding hydrogens is 300 g/mol. The van der Waals surface area contributed by atoms with Crippen LogP contribution in [0, 0.1) is 0 Å². The van der Waals surface area contributed by atoms with Gasteiger partial charge in [-0.25, -0.2) is 0 Å². The van der Waals surface area contributed by atoms with Crippen molar-refractivity contribution in [3.63, 3.8) is 0 Å². The SMILES string of the molecule is COc1ccc(CNC(=O)[C@H](C)N2CCc3ccccc3C2)cc1. The molecule has 24 heavy (non-hydrogen) atoms. The van der Waals surface area contributed by atoms with E-state index in [2.05, 4.69) is 34.5 Å². The summed E-state index contributed by atoms with van der Waals surface area (Å²) in [6, 6.07) is 16.1. The second kappa shape index (κ2) is 7.49. The molecule has 4 nitrogen and oxygen atoms in total. The summed E-state index contributed by atoms with van der Waals surface area (Å²) in [5.41, 5.74) is 3.80. The Morgan fingerprint density at radius 3 is 2.58 bits per heavy atom. The van der Waals surface area contributed by atoms with E-state index in [1.54, 1.807) is 7.11 Å². The van der Waals surface area contributed by atoms with Gasteiger partial charge in [0.2, 0.25) is 5.91 Å². The molecule has 0 unspecified atom stereocenters. The molecule has 0 bridgehead atoms. The average Bonchev–Trinajstić information content (AvgIpc) is 2.65. The minimum absolute atomic E-state index is 0.0743. The number of carbonyl (C=O) groups is 1. The molecule has 0 aromatic heterocycles. The molecule has 2 aromatic rings. The molecule has 0 spiro atoms. The van der Waals surface area contributed by atoms with Crippen LogP contribution in [0.3, 0.4) is 0 Å². The lowest BCUT2D eigenvalue weighted by Crippen LogP contribution is -2.46. The molecule has 0 fully saturated rings. The van der Waals surface area contributed by atoms with Crippen molar-refractivity contribution in [2.24, 2.45) is 0 Å². The Hall–Kier alpha value is -2.33. The maximum atomic E-state index is 12.5. The second-order valence-corrected chi connectivity index (χ2v) is 6.23. The third kappa shape index (κ3) is 3.77. The number of hydrogen-bond acceptors (Lipinski definition) is 3. The Kier molecular flexibility index (Phi) is 5.16. The number of rotatable bonds is 5. The van der Waals surface area contributed by atoms with Crippen LogP contribution in [0.15, 0.2) is 48.5 Å². The van der Waals surface area contributed by atoms with Crippen molar-refractivity contribution < 1.29 is 9.53 Å². The first-order chi connectivity index (χ1) is 11.7. The van der Waals surface area contributed by atoms with Gasteiger partial charge in [0.15, 0.2) is 0 Å². The fourth-order valence-corrected chi connectivity index (χ4v) is 3.09. The van der Waals surface area contributed by atoms with Crippen LogP contribution in [-0.2, 0) is 24.3 Å². The molecule has 0 radical (unpaired) electrons. The lowest BCUT2D eigenvalue weighted by Gasteiger charge is -2.32. The Bertz CT molecular complexity index is 697. The number of benzene rings is 2. The average molecular weight is 324 g/mol. The van der Waals surface area contributed by atoms with Gasteiger partial charge in [-0.2, -0.15) is 0 Å². The van der Waals surface area contributed by atoms with Gasteiger partial charge in [0.05, 0.1) is 13.2 Å². The highest BCUT2D eigenvalue weighted by molar-refractivity contribution is 5.81. The summed E-state index contributed by atoms with van der Waals surface area (Å²) >= 11 is 0. The Morgan fingerprint density at radius 1 is 1.17 bits per heavy atom. The highest BCUT2D eigenvalue weighted by atomic mass is 16.5. The zero-order chi connectivity index (χ0) is 16.9. The smallest absolute Gasteiger partial charge is 0.237 e. The Balaban J connectivity index is 1.55. The third-order valence-electron chi connectivity index (χ3n) is 4.71. The van der Waals surface area contributed by atoms with Gasteiger partial charge in [0.25, 0.3) is 0 Å². The summed E-state index contributed by atoms with van der Waals surface area (Å²) in [4.78, 5) is 14.7. The van der Waals surface area contributed by atoms with Gasteiger partial charge in [-0.15, -0.1) is 0 Å². The molecule has 0 saturated carbocycles. The normalized spacial score (nSPS) is 15.4. The highest BCUT2D eigenvalue weighted by Gasteiger charge is 2.24. The van der Waals surface area contributed by atoms with Gasteiger partial charge in [0, 0.05) is 19.6 Å². The quantitative estimate of drug-likeness (QED) is 0.919. The van der Waals surface area contributed by atoms with Crippen molar-refractivity contribution in [1.29, 1.82) is 0 Å². The molecule has 1 amide bonds. The van der Waals surface area contributed by atoms with Crippen LogP contribution < -0.4 is 10.1 Å². The van der Waals surface area contributed by atoms with Crippen LogP contribution in [0.5, 0.6) is 5.75 Å². The fraction of sp³-hybridized carbons (Fsp3) is 0.350. The van der Waals surface area contributed by atoms with E-state index in [4.69, 9.17) is 4.74 Å². The van der Waals surface area contributed by atoms with Crippen molar-refractivity contribution in [2.45, 2.75) is 32.5 Å². The highest BCUT2D eigenvalue weighted by Crippen LogP contribution is 2.20. The Labute approximate surface area is 143 Å². The number of carbonyl (C=O) groups excluding carboxylic acids is 1. The number of hydrogen-bond donors (Lipinski definition) is 1. The van der Waals surface area contributed by atoms with Crippen LogP contribution in [-0.4, -0.2) is 30.5 Å². The van der Waals surface area contributed by atoms with Crippen LogP contribution in [0.4, 0.5) is 0 Å². The first-order valence-electron chi connectivity index (χ1n) is 8.39. The van der Waals surface area contributed by atoms with E-state index in [0.717, 1.165) is 30.8 Å². The lowest BCUT2D eigenvalue weighted by atomic mass is 9.99. The van der Waals surface area contributed by atoms with E-state index in [1.807, 2.05) is 31.2 Å². The molecule has 2 aromatic carbocycles. The molecule has 1 aliphatic heterocycles. The van der Waals surface area contributed by atoms with E-state index in [9.17, 15) is 4.79 Å². The predicted octanol–water partition coefficient (Wildman–Crippen LogP) is 2.76. The van der Waals surface area contributed by atoms with E-state index in [0.29, 0.717) is 6.54 Å². The van der Waals surface area contributed by atoms with Crippen LogP contribution >= 0.6 is 0 Å². The Morgan fingerprint density at radius 2 is 1.88 bits per heavy atom. The maximum Gasteiger partial charge on any atom is 0.237 e. The second-order valence-electron chi connectivity index (χ2n) is 6.23. The van der Waals surface area contributed by atoms with E-state index in [-0.39, 0.29) is 11.9 Å². The standard InChI is InChI=1S/C20H24N2O2/c1-15(22-12-11-17-5-3-4-6-18(17)14-22)20(23)21-13-16-7-9-19(24-2)10-8-16/h3-10,15H,11-14H2,1-2H3,(H,21,23)/t15-/m0/s1. The van der Waals surface area contributed by atoms with E-state index >= 15 is 0 Å². The molecule has 1 aliphatic rings. The number of nitrogens with zero attached hydrogens (tertiary/aromatic N) is 1. The monoisotopic (exact) mass is 324 g/mol. The lowest BCUT2D eigenvalue weighted by molar-refractivity contribution is -0.126. The largest absolute Gasteiger partial charge is 0.497 e.